The Morgan fingerprint density at radius 1 is 1.20 bits per heavy atom. The van der Waals surface area contributed by atoms with Gasteiger partial charge < -0.3 is 5.32 Å². The topological polar surface area (TPSA) is 79.4 Å². The van der Waals surface area contributed by atoms with Crippen molar-refractivity contribution in [2.24, 2.45) is 0 Å². The van der Waals surface area contributed by atoms with Crippen molar-refractivity contribution in [1.29, 1.82) is 0 Å². The normalized spacial score (nSPS) is 11.7. The van der Waals surface area contributed by atoms with Gasteiger partial charge in [0.15, 0.2) is 0 Å². The lowest BCUT2D eigenvalue weighted by molar-refractivity contribution is 0.0954. The van der Waals surface area contributed by atoms with Crippen LogP contribution in [0.1, 0.15) is 29.9 Å². The predicted octanol–water partition coefficient (Wildman–Crippen LogP) is 2.08. The van der Waals surface area contributed by atoms with Crippen molar-refractivity contribution in [3.05, 3.63) is 59.9 Å². The van der Waals surface area contributed by atoms with Gasteiger partial charge in [0.05, 0.1) is 4.90 Å². The first kappa shape index (κ1) is 19.1. The summed E-state index contributed by atoms with van der Waals surface area (Å²) in [6, 6.07) is 11.5. The molecule has 1 aromatic heterocycles. The van der Waals surface area contributed by atoms with Gasteiger partial charge >= 0.3 is 0 Å². The van der Waals surface area contributed by atoms with Gasteiger partial charge in [-0.15, -0.1) is 0 Å². The first-order valence-electron chi connectivity index (χ1n) is 8.08. The lowest BCUT2D eigenvalue weighted by Crippen LogP contribution is -2.33. The first-order chi connectivity index (χ1) is 11.8. The highest BCUT2D eigenvalue weighted by Gasteiger charge is 2.23. The summed E-state index contributed by atoms with van der Waals surface area (Å²) in [4.78, 5) is 16.6. The molecule has 0 spiro atoms. The molecule has 0 unspecified atom stereocenters. The minimum Gasteiger partial charge on any atom is -0.352 e. The van der Waals surface area contributed by atoms with Crippen molar-refractivity contribution in [2.45, 2.75) is 31.2 Å². The molecule has 0 fully saturated rings. The van der Waals surface area contributed by atoms with Gasteiger partial charge in [-0.2, -0.15) is 4.31 Å². The second kappa shape index (κ2) is 8.22. The number of nitrogens with zero attached hydrogens (tertiary/aromatic N) is 2. The third-order valence-corrected chi connectivity index (χ3v) is 5.92. The van der Waals surface area contributed by atoms with E-state index < -0.39 is 10.0 Å². The fourth-order valence-electron chi connectivity index (χ4n) is 2.19. The van der Waals surface area contributed by atoms with E-state index in [1.807, 2.05) is 18.2 Å². The molecule has 1 amide bonds. The van der Waals surface area contributed by atoms with Gasteiger partial charge in [0.25, 0.3) is 5.91 Å². The smallest absolute Gasteiger partial charge is 0.251 e. The van der Waals surface area contributed by atoms with E-state index in [1.165, 1.54) is 23.5 Å². The third-order valence-electron chi connectivity index (χ3n) is 3.89. The predicted molar refractivity (Wildman–Crippen MR) is 96.8 cm³/mol. The fourth-order valence-corrected chi connectivity index (χ4v) is 3.61. The van der Waals surface area contributed by atoms with Crippen LogP contribution in [0.5, 0.6) is 0 Å². The lowest BCUT2D eigenvalue weighted by Gasteiger charge is -2.21. The van der Waals surface area contributed by atoms with E-state index in [-0.39, 0.29) is 16.8 Å². The molecule has 1 N–H and O–H groups in total. The molecule has 0 aliphatic carbocycles. The van der Waals surface area contributed by atoms with E-state index in [9.17, 15) is 13.2 Å². The number of nitrogens with one attached hydrogen (secondary N) is 1. The van der Waals surface area contributed by atoms with Crippen LogP contribution in [-0.2, 0) is 16.4 Å². The van der Waals surface area contributed by atoms with Crippen LogP contribution in [0.2, 0.25) is 0 Å². The quantitative estimate of drug-likeness (QED) is 0.819. The standard InChI is InChI=1S/C18H23N3O3S/c1-14(2)21(3)25(23,24)17-9-6-7-15(13-17)18(22)20-12-10-16-8-4-5-11-19-16/h4-9,11,13-14H,10,12H2,1-3H3,(H,20,22). The summed E-state index contributed by atoms with van der Waals surface area (Å²) in [6.07, 6.45) is 2.32. The highest BCUT2D eigenvalue weighted by atomic mass is 32.2. The first-order valence-corrected chi connectivity index (χ1v) is 9.52. The highest BCUT2D eigenvalue weighted by molar-refractivity contribution is 7.89. The average molecular weight is 361 g/mol. The maximum atomic E-state index is 12.5. The summed E-state index contributed by atoms with van der Waals surface area (Å²) >= 11 is 0. The summed E-state index contributed by atoms with van der Waals surface area (Å²) in [5.41, 5.74) is 1.21. The molecule has 134 valence electrons. The van der Waals surface area contributed by atoms with E-state index in [0.717, 1.165) is 5.69 Å². The van der Waals surface area contributed by atoms with Crippen molar-refractivity contribution in [1.82, 2.24) is 14.6 Å². The molecule has 25 heavy (non-hydrogen) atoms. The van der Waals surface area contributed by atoms with Crippen molar-refractivity contribution in [3.63, 3.8) is 0 Å². The molecule has 2 aromatic rings. The van der Waals surface area contributed by atoms with E-state index in [2.05, 4.69) is 10.3 Å². The minimum atomic E-state index is -3.61. The summed E-state index contributed by atoms with van der Waals surface area (Å²) < 4.78 is 26.3. The molecule has 1 aromatic carbocycles. The van der Waals surface area contributed by atoms with Crippen LogP contribution >= 0.6 is 0 Å². The Labute approximate surface area is 148 Å². The van der Waals surface area contributed by atoms with Crippen molar-refractivity contribution >= 4 is 15.9 Å². The molecule has 7 heteroatoms. The maximum absolute atomic E-state index is 12.5. The molecule has 0 radical (unpaired) electrons. The molecule has 0 aliphatic heterocycles. The molecule has 1 heterocycles. The molecular weight excluding hydrogens is 338 g/mol. The molecule has 2 rings (SSSR count). The summed E-state index contributed by atoms with van der Waals surface area (Å²) in [5.74, 6) is -0.305. The van der Waals surface area contributed by atoms with Crippen LogP contribution in [-0.4, -0.2) is 43.2 Å². The average Bonchev–Trinajstić information content (AvgIpc) is 2.61. The lowest BCUT2D eigenvalue weighted by atomic mass is 10.2. The van der Waals surface area contributed by atoms with Crippen LogP contribution in [0.15, 0.2) is 53.6 Å². The Bertz CT molecular complexity index is 820. The summed E-state index contributed by atoms with van der Waals surface area (Å²) in [6.45, 7) is 4.02. The second-order valence-electron chi connectivity index (χ2n) is 5.97. The molecule has 0 atom stereocenters. The summed E-state index contributed by atoms with van der Waals surface area (Å²) in [5, 5.41) is 2.79. The maximum Gasteiger partial charge on any atom is 0.251 e. The van der Waals surface area contributed by atoms with Crippen LogP contribution < -0.4 is 5.32 Å². The van der Waals surface area contributed by atoms with Crippen molar-refractivity contribution in [2.75, 3.05) is 13.6 Å². The number of amides is 1. The molecule has 0 aliphatic rings. The number of benzene rings is 1. The Morgan fingerprint density at radius 3 is 2.60 bits per heavy atom. The Morgan fingerprint density at radius 2 is 1.96 bits per heavy atom. The minimum absolute atomic E-state index is 0.112. The Kier molecular flexibility index (Phi) is 6.27. The monoisotopic (exact) mass is 361 g/mol. The molecule has 0 saturated heterocycles. The van der Waals surface area contributed by atoms with Crippen molar-refractivity contribution < 1.29 is 13.2 Å². The van der Waals surface area contributed by atoms with E-state index in [4.69, 9.17) is 0 Å². The SMILES string of the molecule is CC(C)N(C)S(=O)(=O)c1cccc(C(=O)NCCc2ccccn2)c1. The number of aromatic nitrogens is 1. The number of carbonyl (C=O) groups excluding carboxylic acids is 1. The molecule has 0 saturated carbocycles. The Balaban J connectivity index is 2.06. The van der Waals surface area contributed by atoms with Gasteiger partial charge in [-0.05, 0) is 44.2 Å². The third kappa shape index (κ3) is 4.87. The van der Waals surface area contributed by atoms with Crippen LogP contribution in [0.25, 0.3) is 0 Å². The largest absolute Gasteiger partial charge is 0.352 e. The van der Waals surface area contributed by atoms with Crippen molar-refractivity contribution in [3.8, 4) is 0 Å². The number of rotatable bonds is 7. The van der Waals surface area contributed by atoms with Gasteiger partial charge in [0.1, 0.15) is 0 Å². The van der Waals surface area contributed by atoms with Crippen LogP contribution in [0, 0.1) is 0 Å². The van der Waals surface area contributed by atoms with Gasteiger partial charge in [0.2, 0.25) is 10.0 Å². The fraction of sp³-hybridized carbons (Fsp3) is 0.333. The zero-order valence-corrected chi connectivity index (χ0v) is 15.5. The number of sulfonamides is 1. The van der Waals surface area contributed by atoms with E-state index in [1.54, 1.807) is 32.2 Å². The van der Waals surface area contributed by atoms with Gasteiger partial charge in [-0.3, -0.25) is 9.78 Å². The van der Waals surface area contributed by atoms with Gasteiger partial charge in [0, 0.05) is 43.5 Å². The van der Waals surface area contributed by atoms with E-state index >= 15 is 0 Å². The number of pyridine rings is 1. The Hall–Kier alpha value is -2.25. The summed E-state index contributed by atoms with van der Waals surface area (Å²) in [7, 11) is -2.09. The highest BCUT2D eigenvalue weighted by Crippen LogP contribution is 2.17. The molecule has 0 bridgehead atoms. The number of hydrogen-bond donors (Lipinski definition) is 1. The molecular formula is C18H23N3O3S. The molecule has 6 nitrogen and oxygen atoms in total. The zero-order valence-electron chi connectivity index (χ0n) is 14.6. The van der Waals surface area contributed by atoms with Gasteiger partial charge in [-0.1, -0.05) is 12.1 Å². The number of carbonyl (C=O) groups is 1. The zero-order chi connectivity index (χ0) is 18.4. The van der Waals surface area contributed by atoms with Crippen LogP contribution in [0.4, 0.5) is 0 Å². The van der Waals surface area contributed by atoms with E-state index in [0.29, 0.717) is 18.5 Å². The number of hydrogen-bond acceptors (Lipinski definition) is 4. The van der Waals surface area contributed by atoms with Crippen LogP contribution in [0.3, 0.4) is 0 Å². The van der Waals surface area contributed by atoms with Gasteiger partial charge in [-0.25, -0.2) is 8.42 Å². The second-order valence-corrected chi connectivity index (χ2v) is 7.97.